The molecule has 0 saturated carbocycles. The number of thioether (sulfide) groups is 1. The van der Waals surface area contributed by atoms with Gasteiger partial charge in [-0.25, -0.2) is 14.4 Å². The molecule has 1 aromatic carbocycles. The molecular weight excluding hydrogens is 506 g/mol. The summed E-state index contributed by atoms with van der Waals surface area (Å²) in [5.74, 6) is -1.96. The molecule has 0 aliphatic carbocycles. The SMILES string of the molecule is CCCCOC(=O)NCC(N)C(=O)OC(=O)CSc1nnc(-c2ccc(NC(=O)OC(C)(C)C)cc2)o1. The molecule has 13 nitrogen and oxygen atoms in total. The van der Waals surface area contributed by atoms with Crippen molar-refractivity contribution in [3.63, 3.8) is 0 Å². The Morgan fingerprint density at radius 2 is 1.81 bits per heavy atom. The third-order valence-electron chi connectivity index (χ3n) is 4.21. The summed E-state index contributed by atoms with van der Waals surface area (Å²) in [5.41, 5.74) is 6.11. The molecule has 1 aromatic heterocycles. The first-order valence-electron chi connectivity index (χ1n) is 11.4. The number of anilines is 1. The van der Waals surface area contributed by atoms with E-state index >= 15 is 0 Å². The van der Waals surface area contributed by atoms with E-state index in [2.05, 4.69) is 25.6 Å². The normalized spacial score (nSPS) is 11.8. The molecule has 4 N–H and O–H groups in total. The van der Waals surface area contributed by atoms with Crippen LogP contribution in [-0.2, 0) is 23.8 Å². The van der Waals surface area contributed by atoms with Gasteiger partial charge >= 0.3 is 24.1 Å². The van der Waals surface area contributed by atoms with E-state index in [0.29, 0.717) is 11.3 Å². The van der Waals surface area contributed by atoms with Gasteiger partial charge in [0.1, 0.15) is 17.4 Å². The van der Waals surface area contributed by atoms with Crippen molar-refractivity contribution < 1.29 is 37.8 Å². The molecule has 0 aliphatic heterocycles. The minimum atomic E-state index is -1.24. The van der Waals surface area contributed by atoms with Crippen LogP contribution in [0.5, 0.6) is 0 Å². The zero-order valence-electron chi connectivity index (χ0n) is 21.1. The Labute approximate surface area is 218 Å². The highest BCUT2D eigenvalue weighted by Gasteiger charge is 2.21. The van der Waals surface area contributed by atoms with E-state index in [4.69, 9.17) is 19.6 Å². The van der Waals surface area contributed by atoms with Crippen LogP contribution in [0.4, 0.5) is 15.3 Å². The van der Waals surface area contributed by atoms with Crippen molar-refractivity contribution in [1.29, 1.82) is 0 Å². The summed E-state index contributed by atoms with van der Waals surface area (Å²) in [4.78, 5) is 47.2. The first-order valence-corrected chi connectivity index (χ1v) is 12.4. The predicted molar refractivity (Wildman–Crippen MR) is 134 cm³/mol. The molecule has 0 aliphatic rings. The zero-order valence-corrected chi connectivity index (χ0v) is 21.9. The van der Waals surface area contributed by atoms with Crippen LogP contribution in [0.25, 0.3) is 11.5 Å². The van der Waals surface area contributed by atoms with Gasteiger partial charge in [0.2, 0.25) is 5.89 Å². The summed E-state index contributed by atoms with van der Waals surface area (Å²) in [7, 11) is 0. The maximum absolute atomic E-state index is 12.0. The van der Waals surface area contributed by atoms with Gasteiger partial charge in [0, 0.05) is 17.8 Å². The smallest absolute Gasteiger partial charge is 0.412 e. The number of hydrogen-bond acceptors (Lipinski definition) is 12. The van der Waals surface area contributed by atoms with Gasteiger partial charge in [-0.15, -0.1) is 10.2 Å². The molecular formula is C23H31N5O8S. The molecule has 0 bridgehead atoms. The Hall–Kier alpha value is -3.65. The Morgan fingerprint density at radius 1 is 1.11 bits per heavy atom. The first-order chi connectivity index (χ1) is 17.5. The van der Waals surface area contributed by atoms with E-state index in [1.54, 1.807) is 45.0 Å². The number of amides is 2. The number of esters is 2. The van der Waals surface area contributed by atoms with Gasteiger partial charge in [0.25, 0.3) is 5.22 Å². The maximum atomic E-state index is 12.0. The number of rotatable bonds is 11. The van der Waals surface area contributed by atoms with E-state index in [1.165, 1.54) is 0 Å². The van der Waals surface area contributed by atoms with Gasteiger partial charge in [-0.05, 0) is 51.5 Å². The number of nitrogens with zero attached hydrogens (tertiary/aromatic N) is 2. The molecule has 37 heavy (non-hydrogen) atoms. The average molecular weight is 538 g/mol. The van der Waals surface area contributed by atoms with Gasteiger partial charge < -0.3 is 29.7 Å². The predicted octanol–water partition coefficient (Wildman–Crippen LogP) is 3.10. The lowest BCUT2D eigenvalue weighted by Gasteiger charge is -2.19. The number of hydrogen-bond donors (Lipinski definition) is 3. The first kappa shape index (κ1) is 29.6. The lowest BCUT2D eigenvalue weighted by molar-refractivity contribution is -0.158. The highest BCUT2D eigenvalue weighted by molar-refractivity contribution is 7.99. The average Bonchev–Trinajstić information content (AvgIpc) is 3.29. The number of nitrogens with one attached hydrogen (secondary N) is 2. The number of unbranched alkanes of at least 4 members (excludes halogenated alkanes) is 1. The van der Waals surface area contributed by atoms with Crippen molar-refractivity contribution in [2.45, 2.75) is 57.4 Å². The quantitative estimate of drug-likeness (QED) is 0.125. The van der Waals surface area contributed by atoms with E-state index in [1.807, 2.05) is 6.92 Å². The molecule has 1 atom stereocenters. The summed E-state index contributed by atoms with van der Waals surface area (Å²) < 4.78 is 20.3. The van der Waals surface area contributed by atoms with Crippen molar-refractivity contribution in [3.8, 4) is 11.5 Å². The van der Waals surface area contributed by atoms with Crippen LogP contribution in [0.2, 0.25) is 0 Å². The molecule has 14 heteroatoms. The fraction of sp³-hybridized carbons (Fsp3) is 0.478. The minimum absolute atomic E-state index is 0.0798. The van der Waals surface area contributed by atoms with Crippen LogP contribution in [0.1, 0.15) is 40.5 Å². The van der Waals surface area contributed by atoms with Crippen LogP contribution in [-0.4, -0.2) is 64.9 Å². The van der Waals surface area contributed by atoms with Crippen LogP contribution >= 0.6 is 11.8 Å². The summed E-state index contributed by atoms with van der Waals surface area (Å²) in [5, 5.41) is 12.8. The molecule has 202 valence electrons. The number of carbonyl (C=O) groups is 4. The van der Waals surface area contributed by atoms with Gasteiger partial charge in [-0.3, -0.25) is 10.1 Å². The summed E-state index contributed by atoms with van der Waals surface area (Å²) >= 11 is 0.873. The molecule has 0 spiro atoms. The molecule has 1 heterocycles. The molecule has 2 aromatic rings. The Morgan fingerprint density at radius 3 is 2.46 bits per heavy atom. The summed E-state index contributed by atoms with van der Waals surface area (Å²) in [6.45, 7) is 7.26. The van der Waals surface area contributed by atoms with Gasteiger partial charge in [-0.2, -0.15) is 0 Å². The highest BCUT2D eigenvalue weighted by atomic mass is 32.2. The number of carbonyl (C=O) groups excluding carboxylic acids is 4. The van der Waals surface area contributed by atoms with Crippen molar-refractivity contribution in [1.82, 2.24) is 15.5 Å². The van der Waals surface area contributed by atoms with Crippen molar-refractivity contribution >= 4 is 41.6 Å². The number of ether oxygens (including phenoxy) is 3. The number of aromatic nitrogens is 2. The molecule has 2 rings (SSSR count). The standard InChI is InChI=1S/C23H31N5O8S/c1-5-6-11-33-20(31)25-12-16(24)19(30)34-17(29)13-37-22-28-27-18(35-22)14-7-9-15(10-8-14)26-21(32)36-23(2,3)4/h7-10,16H,5-6,11-13,24H2,1-4H3,(H,25,31)(H,26,32). The molecule has 0 saturated heterocycles. The third kappa shape index (κ3) is 11.3. The van der Waals surface area contributed by atoms with E-state index in [-0.39, 0.29) is 30.0 Å². The van der Waals surface area contributed by atoms with Gasteiger partial charge in [0.15, 0.2) is 0 Å². The zero-order chi connectivity index (χ0) is 27.4. The Bertz CT molecular complexity index is 1070. The maximum Gasteiger partial charge on any atom is 0.412 e. The van der Waals surface area contributed by atoms with E-state index in [9.17, 15) is 19.2 Å². The van der Waals surface area contributed by atoms with Crippen molar-refractivity contribution in [2.75, 3.05) is 24.2 Å². The Kier molecular flexibility index (Phi) is 11.3. The fourth-order valence-electron chi connectivity index (χ4n) is 2.48. The van der Waals surface area contributed by atoms with Crippen LogP contribution < -0.4 is 16.4 Å². The molecule has 0 radical (unpaired) electrons. The van der Waals surface area contributed by atoms with Crippen LogP contribution in [0.15, 0.2) is 33.9 Å². The number of benzene rings is 1. The van der Waals surface area contributed by atoms with E-state index in [0.717, 1.165) is 24.6 Å². The highest BCUT2D eigenvalue weighted by Crippen LogP contribution is 2.24. The molecule has 0 fully saturated rings. The second kappa shape index (κ2) is 14.2. The lowest BCUT2D eigenvalue weighted by Crippen LogP contribution is -2.44. The summed E-state index contributed by atoms with van der Waals surface area (Å²) in [6, 6.07) is 5.37. The fourth-order valence-corrected chi connectivity index (χ4v) is 3.01. The largest absolute Gasteiger partial charge is 0.450 e. The number of nitrogens with two attached hydrogens (primary N) is 1. The second-order valence-electron chi connectivity index (χ2n) is 8.64. The van der Waals surface area contributed by atoms with Gasteiger partial charge in [0.05, 0.1) is 6.61 Å². The summed E-state index contributed by atoms with van der Waals surface area (Å²) in [6.07, 6.45) is 0.296. The third-order valence-corrected chi connectivity index (χ3v) is 5.00. The Balaban J connectivity index is 1.77. The topological polar surface area (TPSA) is 185 Å². The number of alkyl carbamates (subject to hydrolysis) is 1. The van der Waals surface area contributed by atoms with E-state index < -0.39 is 35.8 Å². The molecule has 1 unspecified atom stereocenters. The van der Waals surface area contributed by atoms with Crippen molar-refractivity contribution in [2.24, 2.45) is 5.73 Å². The molecule has 2 amide bonds. The van der Waals surface area contributed by atoms with Crippen molar-refractivity contribution in [3.05, 3.63) is 24.3 Å². The second-order valence-corrected chi connectivity index (χ2v) is 9.56. The monoisotopic (exact) mass is 537 g/mol. The minimum Gasteiger partial charge on any atom is -0.450 e. The van der Waals surface area contributed by atoms with Crippen LogP contribution in [0.3, 0.4) is 0 Å². The lowest BCUT2D eigenvalue weighted by atomic mass is 10.2. The van der Waals surface area contributed by atoms with Crippen LogP contribution in [0, 0.1) is 0 Å². The van der Waals surface area contributed by atoms with Gasteiger partial charge in [-0.1, -0.05) is 25.1 Å².